The first-order valence-electron chi connectivity index (χ1n) is 10.8. The number of carbonyl (C=O) groups excluding carboxylic acids is 2. The number of nitrogens with two attached hydrogens (primary N) is 1. The molecular weight excluding hydrogens is 426 g/mol. The predicted octanol–water partition coefficient (Wildman–Crippen LogP) is 0.865. The van der Waals surface area contributed by atoms with Gasteiger partial charge in [0.2, 0.25) is 12.3 Å². The summed E-state index contributed by atoms with van der Waals surface area (Å²) >= 11 is 0. The molecule has 0 aliphatic heterocycles. The van der Waals surface area contributed by atoms with E-state index in [9.17, 15) is 9.59 Å². The van der Waals surface area contributed by atoms with Crippen molar-refractivity contribution in [3.8, 4) is 0 Å². The Kier molecular flexibility index (Phi) is 8.15. The molecule has 0 saturated carbocycles. The van der Waals surface area contributed by atoms with Crippen molar-refractivity contribution in [3.63, 3.8) is 0 Å². The number of amides is 2. The summed E-state index contributed by atoms with van der Waals surface area (Å²) in [6, 6.07) is 7.81. The van der Waals surface area contributed by atoms with Crippen LogP contribution in [-0.2, 0) is 32.3 Å². The van der Waals surface area contributed by atoms with Gasteiger partial charge in [0.25, 0.3) is 0 Å². The van der Waals surface area contributed by atoms with Gasteiger partial charge >= 0.3 is 0 Å². The molecule has 11 nitrogen and oxygen atoms in total. The molecule has 3 rings (SSSR count). The number of benzene rings is 1. The highest BCUT2D eigenvalue weighted by atomic mass is 16.7. The lowest BCUT2D eigenvalue weighted by atomic mass is 10.1. The van der Waals surface area contributed by atoms with Gasteiger partial charge in [0, 0.05) is 25.1 Å². The Balaban J connectivity index is 1.77. The zero-order chi connectivity index (χ0) is 23.8. The molecule has 0 fully saturated rings. The molecule has 0 saturated heterocycles. The van der Waals surface area contributed by atoms with Gasteiger partial charge in [0.15, 0.2) is 5.82 Å². The Morgan fingerprint density at radius 1 is 1.24 bits per heavy atom. The Labute approximate surface area is 192 Å². The van der Waals surface area contributed by atoms with Crippen LogP contribution in [0.15, 0.2) is 24.3 Å². The summed E-state index contributed by atoms with van der Waals surface area (Å²) in [5, 5.41) is 5.94. The van der Waals surface area contributed by atoms with Gasteiger partial charge in [-0.1, -0.05) is 18.2 Å². The minimum Gasteiger partial charge on any atom is -0.382 e. The number of nitrogen functional groups attached to an aromatic ring is 1. The fourth-order valence-corrected chi connectivity index (χ4v) is 3.49. The second-order valence-electron chi connectivity index (χ2n) is 8.07. The lowest BCUT2D eigenvalue weighted by molar-refractivity contribution is -0.122. The van der Waals surface area contributed by atoms with Crippen molar-refractivity contribution in [2.75, 3.05) is 32.0 Å². The van der Waals surface area contributed by atoms with Crippen LogP contribution >= 0.6 is 0 Å². The highest BCUT2D eigenvalue weighted by Crippen LogP contribution is 2.30. The number of hydrogen-bond donors (Lipinski definition) is 4. The smallest absolute Gasteiger partial charge is 0.239 e. The number of imidazole rings is 1. The van der Waals surface area contributed by atoms with Crippen LogP contribution in [0.5, 0.6) is 0 Å². The maximum absolute atomic E-state index is 11.5. The van der Waals surface area contributed by atoms with Crippen LogP contribution in [0.25, 0.3) is 21.9 Å². The molecular formula is C22H31N7O4. The van der Waals surface area contributed by atoms with Crippen molar-refractivity contribution in [1.82, 2.24) is 30.6 Å². The molecule has 3 aromatic rings. The number of anilines is 1. The summed E-state index contributed by atoms with van der Waals surface area (Å²) in [6.45, 7) is 7.91. The molecule has 0 bridgehead atoms. The summed E-state index contributed by atoms with van der Waals surface area (Å²) in [4.78, 5) is 36.9. The number of hydroxylamine groups is 1. The molecule has 33 heavy (non-hydrogen) atoms. The van der Waals surface area contributed by atoms with Gasteiger partial charge < -0.3 is 25.7 Å². The molecule has 178 valence electrons. The number of carbonyl (C=O) groups is 2. The van der Waals surface area contributed by atoms with Crippen molar-refractivity contribution < 1.29 is 19.2 Å². The van der Waals surface area contributed by atoms with Crippen molar-refractivity contribution >= 4 is 40.1 Å². The van der Waals surface area contributed by atoms with E-state index in [1.54, 1.807) is 0 Å². The molecule has 2 aromatic heterocycles. The van der Waals surface area contributed by atoms with Crippen LogP contribution in [0.3, 0.4) is 0 Å². The van der Waals surface area contributed by atoms with Gasteiger partial charge in [-0.3, -0.25) is 14.4 Å². The van der Waals surface area contributed by atoms with Gasteiger partial charge in [-0.25, -0.2) is 15.4 Å². The van der Waals surface area contributed by atoms with Crippen molar-refractivity contribution in [2.45, 2.75) is 39.5 Å². The number of nitrogens with one attached hydrogen (secondary N) is 3. The summed E-state index contributed by atoms with van der Waals surface area (Å²) in [5.74, 6) is 0.840. The van der Waals surface area contributed by atoms with Gasteiger partial charge in [-0.05, 0) is 26.8 Å². The second kappa shape index (κ2) is 11.0. The van der Waals surface area contributed by atoms with E-state index >= 15 is 0 Å². The number of para-hydroxylation sites is 1. The predicted molar refractivity (Wildman–Crippen MR) is 125 cm³/mol. The van der Waals surface area contributed by atoms with Gasteiger partial charge in [0.05, 0.1) is 24.1 Å². The number of hydrogen-bond acceptors (Lipinski definition) is 8. The van der Waals surface area contributed by atoms with E-state index < -0.39 is 5.60 Å². The average molecular weight is 458 g/mol. The van der Waals surface area contributed by atoms with Crippen molar-refractivity contribution in [1.29, 1.82) is 0 Å². The van der Waals surface area contributed by atoms with Crippen molar-refractivity contribution in [2.24, 2.45) is 0 Å². The third kappa shape index (κ3) is 6.15. The Hall–Kier alpha value is -3.28. The lowest BCUT2D eigenvalue weighted by Gasteiger charge is -2.27. The number of rotatable bonds is 13. The zero-order valence-electron chi connectivity index (χ0n) is 19.2. The van der Waals surface area contributed by atoms with Gasteiger partial charge in [-0.15, -0.1) is 0 Å². The Morgan fingerprint density at radius 3 is 2.79 bits per heavy atom. The summed E-state index contributed by atoms with van der Waals surface area (Å²) in [7, 11) is 0. The van der Waals surface area contributed by atoms with Crippen LogP contribution < -0.4 is 21.8 Å². The van der Waals surface area contributed by atoms with Crippen molar-refractivity contribution in [3.05, 3.63) is 30.1 Å². The fourth-order valence-electron chi connectivity index (χ4n) is 3.49. The molecule has 11 heteroatoms. The molecule has 0 aliphatic carbocycles. The minimum atomic E-state index is -0.628. The van der Waals surface area contributed by atoms with E-state index in [2.05, 4.69) is 25.7 Å². The second-order valence-corrected chi connectivity index (χ2v) is 8.07. The van der Waals surface area contributed by atoms with Gasteiger partial charge in [-0.2, -0.15) is 0 Å². The molecule has 0 aliphatic rings. The first kappa shape index (κ1) is 24.4. The molecule has 0 radical (unpaired) electrons. The summed E-state index contributed by atoms with van der Waals surface area (Å²) in [6.07, 6.45) is 0.482. The van der Waals surface area contributed by atoms with E-state index in [0.29, 0.717) is 50.6 Å². The number of pyridine rings is 1. The highest BCUT2D eigenvalue weighted by Gasteiger charge is 2.25. The van der Waals surface area contributed by atoms with E-state index in [1.807, 2.05) is 45.0 Å². The monoisotopic (exact) mass is 457 g/mol. The van der Waals surface area contributed by atoms with Crippen LogP contribution in [0.2, 0.25) is 0 Å². The highest BCUT2D eigenvalue weighted by molar-refractivity contribution is 6.06. The first-order chi connectivity index (χ1) is 15.9. The summed E-state index contributed by atoms with van der Waals surface area (Å²) in [5.41, 5.74) is 10.8. The molecule has 0 atom stereocenters. The molecule has 2 heterocycles. The molecule has 1 aromatic carbocycles. The molecule has 2 amide bonds. The lowest BCUT2D eigenvalue weighted by Crippen LogP contribution is -2.41. The van der Waals surface area contributed by atoms with E-state index in [0.717, 1.165) is 22.2 Å². The largest absolute Gasteiger partial charge is 0.382 e. The number of ether oxygens (including phenoxy) is 1. The fraction of sp³-hybridized carbons (Fsp3) is 0.455. The zero-order valence-corrected chi connectivity index (χ0v) is 19.2. The van der Waals surface area contributed by atoms with Crippen LogP contribution in [0, 0.1) is 0 Å². The number of fused-ring (bicyclic) bond motifs is 3. The van der Waals surface area contributed by atoms with Crippen LogP contribution in [-0.4, -0.2) is 58.7 Å². The number of aromatic nitrogens is 3. The maximum atomic E-state index is 11.5. The topological polar surface area (TPSA) is 145 Å². The third-order valence-electron chi connectivity index (χ3n) is 4.91. The third-order valence-corrected chi connectivity index (χ3v) is 4.91. The normalized spacial score (nSPS) is 11.7. The summed E-state index contributed by atoms with van der Waals surface area (Å²) < 4.78 is 7.72. The standard InChI is InChI=1S/C22H31N7O4/c1-4-32-12-17-28-19-20(15-7-5-6-8-16(15)27-21(19)23)29(17)13-22(2,3)33-26-10-9-25-18(31)11-24-14-30/h5-8,14,26H,4,9-13H2,1-3H3,(H2,23,27)(H,24,30)(H,25,31). The molecule has 0 spiro atoms. The van der Waals surface area contributed by atoms with Gasteiger partial charge in [0.1, 0.15) is 23.5 Å². The Bertz CT molecular complexity index is 1110. The Morgan fingerprint density at radius 2 is 2.03 bits per heavy atom. The van der Waals surface area contributed by atoms with Crippen LogP contribution in [0.4, 0.5) is 5.82 Å². The molecule has 0 unspecified atom stereocenters. The van der Waals surface area contributed by atoms with Crippen LogP contribution in [0.1, 0.15) is 26.6 Å². The number of nitrogens with zero attached hydrogens (tertiary/aromatic N) is 3. The molecule has 5 N–H and O–H groups in total. The minimum absolute atomic E-state index is 0.0574. The van der Waals surface area contributed by atoms with E-state index in [4.69, 9.17) is 20.3 Å². The first-order valence-corrected chi connectivity index (χ1v) is 10.8. The van der Waals surface area contributed by atoms with E-state index in [-0.39, 0.29) is 12.5 Å². The quantitative estimate of drug-likeness (QED) is 0.168. The SMILES string of the molecule is CCOCc1nc2c(N)nc3ccccc3c2n1CC(C)(C)ONCCNC(=O)CNC=O. The van der Waals surface area contributed by atoms with E-state index in [1.165, 1.54) is 0 Å². The maximum Gasteiger partial charge on any atom is 0.239 e. The average Bonchev–Trinajstić information content (AvgIpc) is 3.14.